The zero-order valence-electron chi connectivity index (χ0n) is 8.36. The van der Waals surface area contributed by atoms with E-state index >= 15 is 0 Å². The van der Waals surface area contributed by atoms with Gasteiger partial charge in [-0.2, -0.15) is 5.26 Å². The Morgan fingerprint density at radius 2 is 1.86 bits per heavy atom. The fraction of sp³-hybridized carbons (Fsp3) is 0.750. The molecule has 0 saturated heterocycles. The molecule has 0 aliphatic heterocycles. The molecule has 0 amide bonds. The van der Waals surface area contributed by atoms with Gasteiger partial charge < -0.3 is 9.05 Å². The van der Waals surface area contributed by atoms with Crippen LogP contribution < -0.4 is 0 Å². The van der Waals surface area contributed by atoms with Crippen molar-refractivity contribution in [2.24, 2.45) is 0 Å². The monoisotopic (exact) mass is 219 g/mol. The molecular weight excluding hydrogens is 205 g/mol. The number of rotatable bonds is 7. The number of ketones is 1. The highest BCUT2D eigenvalue weighted by Crippen LogP contribution is 2.47. The Morgan fingerprint density at radius 1 is 1.36 bits per heavy atom. The predicted octanol–water partition coefficient (Wildman–Crippen LogP) is 1.74. The normalized spacial score (nSPS) is 10.9. The zero-order chi connectivity index (χ0) is 11.0. The smallest absolute Gasteiger partial charge is 0.309 e. The second kappa shape index (κ2) is 6.72. The van der Waals surface area contributed by atoms with Gasteiger partial charge in [0, 0.05) is 0 Å². The first-order chi connectivity index (χ1) is 6.58. The first-order valence-corrected chi connectivity index (χ1v) is 6.07. The van der Waals surface area contributed by atoms with Crippen molar-refractivity contribution in [3.8, 4) is 6.07 Å². The van der Waals surface area contributed by atoms with E-state index in [0.717, 1.165) is 0 Å². The highest BCUT2D eigenvalue weighted by Gasteiger charge is 2.26. The van der Waals surface area contributed by atoms with E-state index in [0.29, 0.717) is 0 Å². The molecule has 14 heavy (non-hydrogen) atoms. The molecule has 6 heteroatoms. The molecule has 0 rings (SSSR count). The van der Waals surface area contributed by atoms with Crippen LogP contribution in [0.2, 0.25) is 0 Å². The largest absolute Gasteiger partial charge is 0.338 e. The lowest BCUT2D eigenvalue weighted by Crippen LogP contribution is -2.09. The van der Waals surface area contributed by atoms with E-state index in [-0.39, 0.29) is 25.8 Å². The third kappa shape index (κ3) is 5.13. The molecule has 0 unspecified atom stereocenters. The average Bonchev–Trinajstić information content (AvgIpc) is 2.04. The maximum atomic E-state index is 11.7. The minimum absolute atomic E-state index is 0.219. The predicted molar refractivity (Wildman–Crippen MR) is 51.0 cm³/mol. The molecule has 0 aromatic carbocycles. The van der Waals surface area contributed by atoms with Crippen LogP contribution in [0.5, 0.6) is 0 Å². The van der Waals surface area contributed by atoms with Crippen LogP contribution in [0.1, 0.15) is 20.3 Å². The van der Waals surface area contributed by atoms with Crippen LogP contribution in [0.25, 0.3) is 0 Å². The number of Topliss-reactive ketones (excluding diaryl/α,β-unsaturated/α-hetero) is 1. The quantitative estimate of drug-likeness (QED) is 0.609. The summed E-state index contributed by atoms with van der Waals surface area (Å²) >= 11 is 0. The summed E-state index contributed by atoms with van der Waals surface area (Å²) in [6.45, 7) is 3.77. The fourth-order valence-electron chi connectivity index (χ4n) is 0.882. The summed E-state index contributed by atoms with van der Waals surface area (Å²) in [5, 5.41) is 8.25. The van der Waals surface area contributed by atoms with Gasteiger partial charge >= 0.3 is 7.60 Å². The summed E-state index contributed by atoms with van der Waals surface area (Å²) < 4.78 is 21.5. The van der Waals surface area contributed by atoms with Crippen LogP contribution in [-0.4, -0.2) is 25.2 Å². The molecular formula is C8H14NO4P. The highest BCUT2D eigenvalue weighted by molar-refractivity contribution is 7.54. The number of carbonyl (C=O) groups excluding carboxylic acids is 1. The summed E-state index contributed by atoms with van der Waals surface area (Å²) in [5.41, 5.74) is 0. The molecule has 0 bridgehead atoms. The Labute approximate surface area is 83.5 Å². The molecule has 0 aromatic rings. The standard InChI is InChI=1S/C8H14NO4P/c1-3-12-14(11,13-4-2)7-8(10)5-6-9/h3-5,7H2,1-2H3. The van der Waals surface area contributed by atoms with Gasteiger partial charge in [-0.15, -0.1) is 0 Å². The van der Waals surface area contributed by atoms with Crippen LogP contribution >= 0.6 is 7.60 Å². The Kier molecular flexibility index (Phi) is 6.39. The van der Waals surface area contributed by atoms with Crippen LogP contribution in [0.15, 0.2) is 0 Å². The van der Waals surface area contributed by atoms with Gasteiger partial charge in [0.1, 0.15) is 6.16 Å². The Balaban J connectivity index is 4.30. The first kappa shape index (κ1) is 13.3. The van der Waals surface area contributed by atoms with Crippen molar-refractivity contribution in [3.63, 3.8) is 0 Å². The summed E-state index contributed by atoms with van der Waals surface area (Å²) in [6.07, 6.45) is -0.577. The van der Waals surface area contributed by atoms with Crippen LogP contribution in [0.4, 0.5) is 0 Å². The summed E-state index contributed by atoms with van der Waals surface area (Å²) in [4.78, 5) is 11.1. The number of nitriles is 1. The molecule has 80 valence electrons. The molecule has 0 atom stereocenters. The molecule has 0 aliphatic carbocycles. The van der Waals surface area contributed by atoms with Gasteiger partial charge in [-0.3, -0.25) is 9.36 Å². The summed E-state index contributed by atoms with van der Waals surface area (Å²) in [6, 6.07) is 1.69. The molecule has 0 N–H and O–H groups in total. The number of nitrogens with zero attached hydrogens (tertiary/aromatic N) is 1. The van der Waals surface area contributed by atoms with Gasteiger partial charge in [-0.25, -0.2) is 0 Å². The van der Waals surface area contributed by atoms with E-state index < -0.39 is 13.4 Å². The first-order valence-electron chi connectivity index (χ1n) is 4.34. The lowest BCUT2D eigenvalue weighted by molar-refractivity contribution is -0.116. The van der Waals surface area contributed by atoms with E-state index in [1.165, 1.54) is 0 Å². The van der Waals surface area contributed by atoms with Crippen molar-refractivity contribution in [2.45, 2.75) is 20.3 Å². The van der Waals surface area contributed by atoms with Crippen LogP contribution in [-0.2, 0) is 18.4 Å². The highest BCUT2D eigenvalue weighted by atomic mass is 31.2. The molecule has 0 saturated carbocycles. The lowest BCUT2D eigenvalue weighted by Gasteiger charge is -2.15. The average molecular weight is 219 g/mol. The van der Waals surface area contributed by atoms with Crippen molar-refractivity contribution < 1.29 is 18.4 Å². The van der Waals surface area contributed by atoms with Crippen LogP contribution in [0.3, 0.4) is 0 Å². The maximum absolute atomic E-state index is 11.7. The van der Waals surface area contributed by atoms with Crippen molar-refractivity contribution in [1.29, 1.82) is 5.26 Å². The van der Waals surface area contributed by atoms with Gasteiger partial charge in [0.25, 0.3) is 0 Å². The summed E-state index contributed by atoms with van der Waals surface area (Å²) in [7, 11) is -3.31. The SMILES string of the molecule is CCOP(=O)(CC(=O)CC#N)OCC. The van der Waals surface area contributed by atoms with Crippen LogP contribution in [0, 0.1) is 11.3 Å². The van der Waals surface area contributed by atoms with E-state index in [2.05, 4.69) is 0 Å². The minimum atomic E-state index is -3.31. The Hall–Kier alpha value is -0.690. The van der Waals surface area contributed by atoms with Gasteiger partial charge in [0.05, 0.1) is 25.7 Å². The maximum Gasteiger partial charge on any atom is 0.338 e. The Bertz CT molecular complexity index is 261. The summed E-state index contributed by atoms with van der Waals surface area (Å²) in [5.74, 6) is -0.419. The van der Waals surface area contributed by atoms with Gasteiger partial charge in [-0.05, 0) is 13.8 Å². The second-order valence-electron chi connectivity index (χ2n) is 2.48. The van der Waals surface area contributed by atoms with Crippen molar-refractivity contribution in [3.05, 3.63) is 0 Å². The van der Waals surface area contributed by atoms with Crippen molar-refractivity contribution >= 4 is 13.4 Å². The molecule has 0 spiro atoms. The van der Waals surface area contributed by atoms with Crippen molar-refractivity contribution in [1.82, 2.24) is 0 Å². The van der Waals surface area contributed by atoms with Gasteiger partial charge in [0.2, 0.25) is 0 Å². The number of carbonyl (C=O) groups is 1. The third-order valence-electron chi connectivity index (χ3n) is 1.30. The fourth-order valence-corrected chi connectivity index (χ4v) is 2.47. The molecule has 0 fully saturated rings. The Morgan fingerprint density at radius 3 is 2.21 bits per heavy atom. The third-order valence-corrected chi connectivity index (χ3v) is 3.34. The molecule has 5 nitrogen and oxygen atoms in total. The van der Waals surface area contributed by atoms with E-state index in [9.17, 15) is 9.36 Å². The lowest BCUT2D eigenvalue weighted by atomic mass is 10.3. The van der Waals surface area contributed by atoms with E-state index in [1.54, 1.807) is 19.9 Å². The topological polar surface area (TPSA) is 76.4 Å². The molecule has 0 aliphatic rings. The van der Waals surface area contributed by atoms with E-state index in [1.807, 2.05) is 0 Å². The minimum Gasteiger partial charge on any atom is -0.309 e. The second-order valence-corrected chi connectivity index (χ2v) is 4.53. The van der Waals surface area contributed by atoms with E-state index in [4.69, 9.17) is 14.3 Å². The van der Waals surface area contributed by atoms with Gasteiger partial charge in [-0.1, -0.05) is 0 Å². The number of hydrogen-bond donors (Lipinski definition) is 0. The molecule has 0 heterocycles. The zero-order valence-corrected chi connectivity index (χ0v) is 9.25. The molecule has 0 aromatic heterocycles. The molecule has 0 radical (unpaired) electrons. The van der Waals surface area contributed by atoms with Crippen molar-refractivity contribution in [2.75, 3.05) is 19.4 Å². The van der Waals surface area contributed by atoms with Gasteiger partial charge in [0.15, 0.2) is 5.78 Å². The number of hydrogen-bond acceptors (Lipinski definition) is 5.